The Morgan fingerprint density at radius 1 is 1.44 bits per heavy atom. The summed E-state index contributed by atoms with van der Waals surface area (Å²) in [6.45, 7) is 4.63. The van der Waals surface area contributed by atoms with Gasteiger partial charge in [0.05, 0.1) is 19.3 Å². The van der Waals surface area contributed by atoms with E-state index in [1.165, 1.54) is 0 Å². The summed E-state index contributed by atoms with van der Waals surface area (Å²) in [5.41, 5.74) is 3.83. The summed E-state index contributed by atoms with van der Waals surface area (Å²) in [6.07, 6.45) is 0.0158. The molecule has 0 fully saturated rings. The highest BCUT2D eigenvalue weighted by Gasteiger charge is 2.18. The third kappa shape index (κ3) is 3.20. The second kappa shape index (κ2) is 6.48. The van der Waals surface area contributed by atoms with Gasteiger partial charge in [0.25, 0.3) is 0 Å². The fourth-order valence-electron chi connectivity index (χ4n) is 1.70. The third-order valence-corrected chi connectivity index (χ3v) is 2.53. The molecule has 1 rings (SSSR count). The molecule has 16 heavy (non-hydrogen) atoms. The summed E-state index contributed by atoms with van der Waals surface area (Å²) in [5.74, 6) is 6.38. The van der Waals surface area contributed by atoms with Crippen LogP contribution in [0.25, 0.3) is 0 Å². The summed E-state index contributed by atoms with van der Waals surface area (Å²) < 4.78 is 10.7. The van der Waals surface area contributed by atoms with Gasteiger partial charge in [0.2, 0.25) is 0 Å². The zero-order chi connectivity index (χ0) is 12.0. The van der Waals surface area contributed by atoms with Gasteiger partial charge in [0.15, 0.2) is 0 Å². The van der Waals surface area contributed by atoms with Gasteiger partial charge in [-0.25, -0.2) is 0 Å². The molecular formula is C12H20N2O2. The molecule has 0 spiro atoms. The predicted octanol–water partition coefficient (Wildman–Crippen LogP) is 1.62. The number of hydrazine groups is 1. The lowest BCUT2D eigenvalue weighted by molar-refractivity contribution is 0.0472. The molecule has 3 N–H and O–H groups in total. The van der Waals surface area contributed by atoms with Crippen molar-refractivity contribution in [3.8, 4) is 5.75 Å². The standard InChI is InChI=1S/C12H20N2O2/c1-4-16-9(2)12(14-13)10-6-5-7-11(8-10)15-3/h5-9,12,14H,4,13H2,1-3H3. The van der Waals surface area contributed by atoms with E-state index in [2.05, 4.69) is 5.43 Å². The molecule has 0 bridgehead atoms. The first-order valence-electron chi connectivity index (χ1n) is 5.44. The maximum absolute atomic E-state index is 5.56. The Bertz CT molecular complexity index is 318. The van der Waals surface area contributed by atoms with Crippen molar-refractivity contribution >= 4 is 0 Å². The zero-order valence-electron chi connectivity index (χ0n) is 10.1. The monoisotopic (exact) mass is 224 g/mol. The first kappa shape index (κ1) is 13.0. The molecule has 0 aliphatic rings. The highest BCUT2D eigenvalue weighted by Crippen LogP contribution is 2.22. The van der Waals surface area contributed by atoms with Crippen LogP contribution in [0.3, 0.4) is 0 Å². The van der Waals surface area contributed by atoms with Crippen LogP contribution in [-0.4, -0.2) is 19.8 Å². The molecule has 0 aromatic heterocycles. The molecule has 2 unspecified atom stereocenters. The Kier molecular flexibility index (Phi) is 5.25. The van der Waals surface area contributed by atoms with Crippen LogP contribution in [-0.2, 0) is 4.74 Å². The van der Waals surface area contributed by atoms with Gasteiger partial charge in [-0.15, -0.1) is 0 Å². The fourth-order valence-corrected chi connectivity index (χ4v) is 1.70. The lowest BCUT2D eigenvalue weighted by atomic mass is 10.0. The van der Waals surface area contributed by atoms with E-state index >= 15 is 0 Å². The Labute approximate surface area is 96.7 Å². The SMILES string of the molecule is CCOC(C)C(NN)c1cccc(OC)c1. The van der Waals surface area contributed by atoms with Crippen molar-refractivity contribution in [3.63, 3.8) is 0 Å². The van der Waals surface area contributed by atoms with Crippen LogP contribution in [0.2, 0.25) is 0 Å². The van der Waals surface area contributed by atoms with Crippen LogP contribution in [0.5, 0.6) is 5.75 Å². The Balaban J connectivity index is 2.85. The predicted molar refractivity (Wildman–Crippen MR) is 64.1 cm³/mol. The molecule has 0 saturated carbocycles. The number of benzene rings is 1. The Morgan fingerprint density at radius 3 is 2.75 bits per heavy atom. The molecule has 4 heteroatoms. The number of hydrogen-bond acceptors (Lipinski definition) is 4. The molecule has 0 aliphatic heterocycles. The van der Waals surface area contributed by atoms with Gasteiger partial charge < -0.3 is 9.47 Å². The molecule has 0 aliphatic carbocycles. The van der Waals surface area contributed by atoms with E-state index < -0.39 is 0 Å². The van der Waals surface area contributed by atoms with E-state index in [9.17, 15) is 0 Å². The van der Waals surface area contributed by atoms with Crippen molar-refractivity contribution < 1.29 is 9.47 Å². The van der Waals surface area contributed by atoms with Crippen molar-refractivity contribution in [3.05, 3.63) is 29.8 Å². The molecular weight excluding hydrogens is 204 g/mol. The average molecular weight is 224 g/mol. The number of methoxy groups -OCH3 is 1. The first-order valence-corrected chi connectivity index (χ1v) is 5.44. The van der Waals surface area contributed by atoms with Crippen molar-refractivity contribution in [2.45, 2.75) is 26.0 Å². The van der Waals surface area contributed by atoms with Gasteiger partial charge in [0.1, 0.15) is 5.75 Å². The smallest absolute Gasteiger partial charge is 0.119 e. The molecule has 0 saturated heterocycles. The third-order valence-electron chi connectivity index (χ3n) is 2.53. The van der Waals surface area contributed by atoms with Gasteiger partial charge in [-0.1, -0.05) is 12.1 Å². The van der Waals surface area contributed by atoms with E-state index in [-0.39, 0.29) is 12.1 Å². The van der Waals surface area contributed by atoms with E-state index in [1.54, 1.807) is 7.11 Å². The number of rotatable bonds is 6. The molecule has 1 aromatic carbocycles. The van der Waals surface area contributed by atoms with E-state index in [4.69, 9.17) is 15.3 Å². The Morgan fingerprint density at radius 2 is 2.19 bits per heavy atom. The minimum atomic E-state index is -0.0324. The summed E-state index contributed by atoms with van der Waals surface area (Å²) in [5, 5.41) is 0. The normalized spacial score (nSPS) is 14.5. The van der Waals surface area contributed by atoms with Crippen molar-refractivity contribution in [1.82, 2.24) is 5.43 Å². The van der Waals surface area contributed by atoms with Crippen LogP contribution in [0.15, 0.2) is 24.3 Å². The van der Waals surface area contributed by atoms with E-state index in [0.717, 1.165) is 11.3 Å². The highest BCUT2D eigenvalue weighted by molar-refractivity contribution is 5.30. The van der Waals surface area contributed by atoms with Crippen LogP contribution in [0.4, 0.5) is 0 Å². The molecule has 1 aromatic rings. The van der Waals surface area contributed by atoms with Gasteiger partial charge >= 0.3 is 0 Å². The lowest BCUT2D eigenvalue weighted by Gasteiger charge is -2.23. The minimum Gasteiger partial charge on any atom is -0.497 e. The van der Waals surface area contributed by atoms with Gasteiger partial charge in [-0.05, 0) is 31.5 Å². The zero-order valence-corrected chi connectivity index (χ0v) is 10.1. The maximum atomic E-state index is 5.56. The second-order valence-electron chi connectivity index (χ2n) is 3.58. The number of ether oxygens (including phenoxy) is 2. The minimum absolute atomic E-state index is 0.0158. The van der Waals surface area contributed by atoms with Crippen LogP contribution < -0.4 is 16.0 Å². The quantitative estimate of drug-likeness (QED) is 0.569. The number of nitrogens with one attached hydrogen (secondary N) is 1. The van der Waals surface area contributed by atoms with Crippen molar-refractivity contribution in [2.24, 2.45) is 5.84 Å². The Hall–Kier alpha value is -1.10. The van der Waals surface area contributed by atoms with Gasteiger partial charge in [-0.3, -0.25) is 11.3 Å². The lowest BCUT2D eigenvalue weighted by Crippen LogP contribution is -2.36. The van der Waals surface area contributed by atoms with Crippen molar-refractivity contribution in [1.29, 1.82) is 0 Å². The molecule has 0 radical (unpaired) electrons. The number of nitrogens with two attached hydrogens (primary N) is 1. The van der Waals surface area contributed by atoms with E-state index in [0.29, 0.717) is 6.61 Å². The largest absolute Gasteiger partial charge is 0.497 e. The fraction of sp³-hybridized carbons (Fsp3) is 0.500. The maximum Gasteiger partial charge on any atom is 0.119 e. The molecule has 0 amide bonds. The van der Waals surface area contributed by atoms with E-state index in [1.807, 2.05) is 38.1 Å². The van der Waals surface area contributed by atoms with Crippen LogP contribution in [0, 0.1) is 0 Å². The summed E-state index contributed by atoms with van der Waals surface area (Å²) in [4.78, 5) is 0. The topological polar surface area (TPSA) is 56.5 Å². The molecule has 2 atom stereocenters. The molecule has 4 nitrogen and oxygen atoms in total. The van der Waals surface area contributed by atoms with Crippen LogP contribution in [0.1, 0.15) is 25.5 Å². The second-order valence-corrected chi connectivity index (χ2v) is 3.58. The van der Waals surface area contributed by atoms with Crippen molar-refractivity contribution in [2.75, 3.05) is 13.7 Å². The summed E-state index contributed by atoms with van der Waals surface area (Å²) in [6, 6.07) is 7.78. The summed E-state index contributed by atoms with van der Waals surface area (Å²) in [7, 11) is 1.65. The van der Waals surface area contributed by atoms with Gasteiger partial charge in [0, 0.05) is 6.61 Å². The number of hydrogen-bond donors (Lipinski definition) is 2. The molecule has 0 heterocycles. The van der Waals surface area contributed by atoms with Gasteiger partial charge in [-0.2, -0.15) is 0 Å². The van der Waals surface area contributed by atoms with Crippen LogP contribution >= 0.6 is 0 Å². The highest BCUT2D eigenvalue weighted by atomic mass is 16.5. The summed E-state index contributed by atoms with van der Waals surface area (Å²) >= 11 is 0. The average Bonchev–Trinajstić information content (AvgIpc) is 2.31. The molecule has 90 valence electrons. The first-order chi connectivity index (χ1) is 7.72.